The molecule has 0 aromatic heterocycles. The van der Waals surface area contributed by atoms with Gasteiger partial charge in [0.2, 0.25) is 0 Å². The van der Waals surface area contributed by atoms with Gasteiger partial charge in [0.25, 0.3) is 0 Å². The Kier molecular flexibility index (Phi) is 6.58. The fourth-order valence-electron chi connectivity index (χ4n) is 2.63. The minimum atomic E-state index is -0.402. The number of benzene rings is 3. The summed E-state index contributed by atoms with van der Waals surface area (Å²) in [6, 6.07) is 18.1. The Labute approximate surface area is 171 Å². The van der Waals surface area contributed by atoms with Gasteiger partial charge in [-0.05, 0) is 36.4 Å². The monoisotopic (exact) mass is 449 g/mol. The molecule has 140 valence electrons. The molecule has 3 nitrogen and oxygen atoms in total. The van der Waals surface area contributed by atoms with Crippen LogP contribution in [-0.4, -0.2) is 7.11 Å². The maximum absolute atomic E-state index is 14.1. The Bertz CT molecular complexity index is 901. The third kappa shape index (κ3) is 4.73. The van der Waals surface area contributed by atoms with Crippen LogP contribution in [0.4, 0.5) is 10.1 Å². The zero-order chi connectivity index (χ0) is 19.2. The zero-order valence-electron chi connectivity index (χ0n) is 14.6. The van der Waals surface area contributed by atoms with Gasteiger partial charge in [-0.25, -0.2) is 4.39 Å². The highest BCUT2D eigenvalue weighted by atomic mass is 79.9. The minimum absolute atomic E-state index is 0.00332. The molecule has 3 aromatic rings. The Hall–Kier alpha value is -2.24. The summed E-state index contributed by atoms with van der Waals surface area (Å²) in [4.78, 5) is 0. The molecule has 0 amide bonds. The van der Waals surface area contributed by atoms with E-state index >= 15 is 0 Å². The van der Waals surface area contributed by atoms with Gasteiger partial charge in [0.1, 0.15) is 12.4 Å². The summed E-state index contributed by atoms with van der Waals surface area (Å²) < 4.78 is 26.3. The van der Waals surface area contributed by atoms with Crippen LogP contribution < -0.4 is 14.8 Å². The van der Waals surface area contributed by atoms with Crippen LogP contribution in [0, 0.1) is 5.82 Å². The molecule has 1 N–H and O–H groups in total. The van der Waals surface area contributed by atoms with Crippen LogP contribution in [0.25, 0.3) is 0 Å². The predicted octanol–water partition coefficient (Wildman–Crippen LogP) is 6.44. The van der Waals surface area contributed by atoms with Crippen molar-refractivity contribution in [2.75, 3.05) is 12.4 Å². The molecule has 0 fully saturated rings. The Morgan fingerprint density at radius 3 is 2.48 bits per heavy atom. The molecular formula is C21H18BrClFNO2. The third-order valence-electron chi connectivity index (χ3n) is 4.05. The van der Waals surface area contributed by atoms with Crippen molar-refractivity contribution in [3.05, 3.63) is 87.1 Å². The highest BCUT2D eigenvalue weighted by Crippen LogP contribution is 2.37. The smallest absolute Gasteiger partial charge is 0.167 e. The first-order valence-electron chi connectivity index (χ1n) is 8.30. The molecule has 27 heavy (non-hydrogen) atoms. The molecule has 0 saturated heterocycles. The number of rotatable bonds is 7. The van der Waals surface area contributed by atoms with Gasteiger partial charge in [-0.2, -0.15) is 0 Å². The van der Waals surface area contributed by atoms with E-state index in [0.29, 0.717) is 28.6 Å². The second-order valence-corrected chi connectivity index (χ2v) is 7.03. The summed E-state index contributed by atoms with van der Waals surface area (Å²) in [6.45, 7) is 0.499. The van der Waals surface area contributed by atoms with E-state index in [1.54, 1.807) is 25.3 Å². The van der Waals surface area contributed by atoms with Crippen molar-refractivity contribution in [3.63, 3.8) is 0 Å². The van der Waals surface area contributed by atoms with Crippen molar-refractivity contribution in [2.24, 2.45) is 0 Å². The number of ether oxygens (including phenoxy) is 2. The van der Waals surface area contributed by atoms with Crippen LogP contribution in [-0.2, 0) is 13.2 Å². The minimum Gasteiger partial charge on any atom is -0.493 e. The van der Waals surface area contributed by atoms with Gasteiger partial charge in [0.15, 0.2) is 11.5 Å². The van der Waals surface area contributed by atoms with Crippen molar-refractivity contribution in [1.82, 2.24) is 0 Å². The molecule has 0 unspecified atom stereocenters. The maximum atomic E-state index is 14.1. The number of methoxy groups -OCH3 is 1. The van der Waals surface area contributed by atoms with Crippen molar-refractivity contribution < 1.29 is 13.9 Å². The highest BCUT2D eigenvalue weighted by Gasteiger charge is 2.16. The first kappa shape index (κ1) is 19.5. The number of halogens is 3. The van der Waals surface area contributed by atoms with Crippen molar-refractivity contribution in [3.8, 4) is 11.5 Å². The molecule has 0 bridgehead atoms. The average molecular weight is 451 g/mol. The number of para-hydroxylation sites is 1. The van der Waals surface area contributed by atoms with E-state index in [1.807, 2.05) is 36.4 Å². The largest absolute Gasteiger partial charge is 0.493 e. The topological polar surface area (TPSA) is 30.5 Å². The Morgan fingerprint density at radius 1 is 1.00 bits per heavy atom. The van der Waals surface area contributed by atoms with Gasteiger partial charge in [0, 0.05) is 27.8 Å². The Balaban J connectivity index is 1.87. The van der Waals surface area contributed by atoms with Crippen LogP contribution in [0.15, 0.2) is 65.1 Å². The van der Waals surface area contributed by atoms with Crippen molar-refractivity contribution in [2.45, 2.75) is 13.2 Å². The fourth-order valence-corrected chi connectivity index (χ4v) is 3.30. The SMILES string of the molecule is COc1ccc(Br)c(CNc2ccccc2)c1OCc1c(F)cccc1Cl. The van der Waals surface area contributed by atoms with E-state index in [1.165, 1.54) is 6.07 Å². The number of hydrogen-bond donors (Lipinski definition) is 1. The second-order valence-electron chi connectivity index (χ2n) is 5.77. The van der Waals surface area contributed by atoms with Crippen LogP contribution in [0.1, 0.15) is 11.1 Å². The maximum Gasteiger partial charge on any atom is 0.167 e. The normalized spacial score (nSPS) is 10.5. The molecule has 0 aliphatic carbocycles. The molecule has 3 aromatic carbocycles. The van der Waals surface area contributed by atoms with E-state index in [2.05, 4.69) is 21.2 Å². The predicted molar refractivity (Wildman–Crippen MR) is 110 cm³/mol. The number of hydrogen-bond acceptors (Lipinski definition) is 3. The lowest BCUT2D eigenvalue weighted by atomic mass is 10.1. The fraction of sp³-hybridized carbons (Fsp3) is 0.143. The lowest BCUT2D eigenvalue weighted by Crippen LogP contribution is -2.07. The van der Waals surface area contributed by atoms with Gasteiger partial charge >= 0.3 is 0 Å². The summed E-state index contributed by atoms with van der Waals surface area (Å²) in [5, 5.41) is 3.68. The van der Waals surface area contributed by atoms with E-state index in [0.717, 1.165) is 15.7 Å². The number of nitrogens with one attached hydrogen (secondary N) is 1. The van der Waals surface area contributed by atoms with Gasteiger partial charge < -0.3 is 14.8 Å². The summed E-state index contributed by atoms with van der Waals surface area (Å²) in [6.07, 6.45) is 0. The summed E-state index contributed by atoms with van der Waals surface area (Å²) in [7, 11) is 1.57. The molecule has 0 aliphatic rings. The molecule has 0 heterocycles. The Morgan fingerprint density at radius 2 is 1.78 bits per heavy atom. The van der Waals surface area contributed by atoms with Crippen molar-refractivity contribution >= 4 is 33.2 Å². The van der Waals surface area contributed by atoms with Crippen LogP contribution in [0.2, 0.25) is 5.02 Å². The zero-order valence-corrected chi connectivity index (χ0v) is 17.0. The standard InChI is InChI=1S/C21H18BrClFNO2/c1-26-20-11-10-17(22)15(12-25-14-6-3-2-4-7-14)21(20)27-13-16-18(23)8-5-9-19(16)24/h2-11,25H,12-13H2,1H3. The van der Waals surface area contributed by atoms with Gasteiger partial charge in [-0.15, -0.1) is 0 Å². The van der Waals surface area contributed by atoms with E-state index in [-0.39, 0.29) is 6.61 Å². The van der Waals surface area contributed by atoms with Crippen LogP contribution in [0.5, 0.6) is 11.5 Å². The molecule has 0 aliphatic heterocycles. The third-order valence-corrected chi connectivity index (χ3v) is 5.15. The molecule has 0 atom stereocenters. The van der Waals surface area contributed by atoms with E-state index in [9.17, 15) is 4.39 Å². The molecule has 0 spiro atoms. The number of anilines is 1. The second kappa shape index (κ2) is 9.11. The van der Waals surface area contributed by atoms with Gasteiger partial charge in [-0.3, -0.25) is 0 Å². The first-order valence-corrected chi connectivity index (χ1v) is 9.47. The molecule has 6 heteroatoms. The van der Waals surface area contributed by atoms with Gasteiger partial charge in [-0.1, -0.05) is 51.8 Å². The first-order chi connectivity index (χ1) is 13.1. The van der Waals surface area contributed by atoms with Crippen LogP contribution >= 0.6 is 27.5 Å². The summed E-state index contributed by atoms with van der Waals surface area (Å²) in [5.41, 5.74) is 2.16. The highest BCUT2D eigenvalue weighted by molar-refractivity contribution is 9.10. The molecular weight excluding hydrogens is 433 g/mol. The molecule has 3 rings (SSSR count). The van der Waals surface area contributed by atoms with Crippen LogP contribution in [0.3, 0.4) is 0 Å². The summed E-state index contributed by atoms with van der Waals surface area (Å²) >= 11 is 9.67. The van der Waals surface area contributed by atoms with Gasteiger partial charge in [0.05, 0.1) is 12.1 Å². The van der Waals surface area contributed by atoms with E-state index < -0.39 is 5.82 Å². The average Bonchev–Trinajstić information content (AvgIpc) is 2.68. The molecule has 0 radical (unpaired) electrons. The lowest BCUT2D eigenvalue weighted by molar-refractivity contribution is 0.277. The van der Waals surface area contributed by atoms with Crippen molar-refractivity contribution in [1.29, 1.82) is 0 Å². The summed E-state index contributed by atoms with van der Waals surface area (Å²) in [5.74, 6) is 0.700. The van der Waals surface area contributed by atoms with E-state index in [4.69, 9.17) is 21.1 Å². The molecule has 0 saturated carbocycles. The quantitative estimate of drug-likeness (QED) is 0.449. The lowest BCUT2D eigenvalue weighted by Gasteiger charge is -2.18.